The number of hydrogen-bond acceptors (Lipinski definition) is 8. The van der Waals surface area contributed by atoms with Crippen LogP contribution in [-0.4, -0.2) is 75.8 Å². The summed E-state index contributed by atoms with van der Waals surface area (Å²) in [4.78, 5) is 33.2. The third-order valence-electron chi connectivity index (χ3n) is 5.16. The van der Waals surface area contributed by atoms with Crippen LogP contribution in [0.15, 0.2) is 30.5 Å². The van der Waals surface area contributed by atoms with Crippen LogP contribution in [0.4, 0.5) is 5.82 Å². The largest absolute Gasteiger partial charge is 0.493 e. The van der Waals surface area contributed by atoms with Crippen LogP contribution in [0.25, 0.3) is 0 Å². The van der Waals surface area contributed by atoms with Crippen molar-refractivity contribution in [2.75, 3.05) is 59.0 Å². The van der Waals surface area contributed by atoms with E-state index in [1.54, 1.807) is 23.2 Å². The molecule has 0 radical (unpaired) electrons. The van der Waals surface area contributed by atoms with Crippen LogP contribution < -0.4 is 24.4 Å². The van der Waals surface area contributed by atoms with Gasteiger partial charge in [0, 0.05) is 37.9 Å². The van der Waals surface area contributed by atoms with Crippen LogP contribution in [-0.2, 0) is 4.79 Å². The van der Waals surface area contributed by atoms with Crippen molar-refractivity contribution in [2.24, 2.45) is 0 Å². The number of methoxy groups -OCH3 is 3. The molecule has 168 valence electrons. The molecular weight excluding hydrogens is 414 g/mol. The lowest BCUT2D eigenvalue weighted by Gasteiger charge is -2.35. The number of benzene rings is 1. The maximum absolute atomic E-state index is 12.6. The predicted molar refractivity (Wildman–Crippen MR) is 116 cm³/mol. The number of rotatable bonds is 7. The SMILES string of the molecule is COc1cc(C(=O)NCC(=O)N2CCN(c3cc(C#N)ccn3)CC2)cc(OC)c1OC. The van der Waals surface area contributed by atoms with Gasteiger partial charge in [-0.2, -0.15) is 5.26 Å². The Labute approximate surface area is 186 Å². The topological polar surface area (TPSA) is 117 Å². The van der Waals surface area contributed by atoms with Gasteiger partial charge in [0.15, 0.2) is 11.5 Å². The predicted octanol–water partition coefficient (Wildman–Crippen LogP) is 1.06. The fourth-order valence-corrected chi connectivity index (χ4v) is 3.43. The number of carbonyl (C=O) groups excluding carboxylic acids is 2. The molecule has 10 nitrogen and oxygen atoms in total. The zero-order valence-electron chi connectivity index (χ0n) is 18.3. The number of carbonyl (C=O) groups is 2. The van der Waals surface area contributed by atoms with Crippen LogP contribution >= 0.6 is 0 Å². The van der Waals surface area contributed by atoms with E-state index >= 15 is 0 Å². The van der Waals surface area contributed by atoms with E-state index in [0.29, 0.717) is 60.4 Å². The second-order valence-corrected chi connectivity index (χ2v) is 6.98. The molecular formula is C22H25N5O5. The molecule has 0 aliphatic carbocycles. The number of nitrogens with one attached hydrogen (secondary N) is 1. The van der Waals surface area contributed by atoms with Crippen molar-refractivity contribution in [1.29, 1.82) is 5.26 Å². The molecule has 3 rings (SSSR count). The summed E-state index contributed by atoms with van der Waals surface area (Å²) < 4.78 is 15.8. The summed E-state index contributed by atoms with van der Waals surface area (Å²) in [6.07, 6.45) is 1.60. The minimum atomic E-state index is -0.422. The molecule has 1 N–H and O–H groups in total. The van der Waals surface area contributed by atoms with Gasteiger partial charge in [0.25, 0.3) is 5.91 Å². The number of nitriles is 1. The van der Waals surface area contributed by atoms with Crippen molar-refractivity contribution in [3.63, 3.8) is 0 Å². The molecule has 0 bridgehead atoms. The fraction of sp³-hybridized carbons (Fsp3) is 0.364. The summed E-state index contributed by atoms with van der Waals surface area (Å²) in [7, 11) is 4.41. The molecule has 1 aromatic heterocycles. The Morgan fingerprint density at radius 1 is 1.06 bits per heavy atom. The molecule has 1 aromatic carbocycles. The smallest absolute Gasteiger partial charge is 0.251 e. The minimum Gasteiger partial charge on any atom is -0.493 e. The fourth-order valence-electron chi connectivity index (χ4n) is 3.43. The summed E-state index contributed by atoms with van der Waals surface area (Å²) in [6.45, 7) is 2.05. The molecule has 0 atom stereocenters. The number of aromatic nitrogens is 1. The lowest BCUT2D eigenvalue weighted by atomic mass is 10.1. The van der Waals surface area contributed by atoms with Gasteiger partial charge < -0.3 is 29.3 Å². The first-order valence-corrected chi connectivity index (χ1v) is 9.97. The van der Waals surface area contributed by atoms with Gasteiger partial charge >= 0.3 is 0 Å². The van der Waals surface area contributed by atoms with Crippen molar-refractivity contribution in [3.8, 4) is 23.3 Å². The van der Waals surface area contributed by atoms with Gasteiger partial charge in [-0.25, -0.2) is 4.98 Å². The second kappa shape index (κ2) is 10.3. The van der Waals surface area contributed by atoms with Gasteiger partial charge in [-0.1, -0.05) is 0 Å². The van der Waals surface area contributed by atoms with Gasteiger partial charge in [0.05, 0.1) is 39.5 Å². The number of amides is 2. The molecule has 2 aromatic rings. The second-order valence-electron chi connectivity index (χ2n) is 6.98. The van der Waals surface area contributed by atoms with Crippen LogP contribution in [0.1, 0.15) is 15.9 Å². The van der Waals surface area contributed by atoms with E-state index in [1.807, 2.05) is 4.90 Å². The minimum absolute atomic E-state index is 0.127. The van der Waals surface area contributed by atoms with E-state index in [1.165, 1.54) is 33.5 Å². The average Bonchev–Trinajstić information content (AvgIpc) is 2.86. The molecule has 10 heteroatoms. The summed E-state index contributed by atoms with van der Waals surface area (Å²) >= 11 is 0. The Morgan fingerprint density at radius 3 is 2.28 bits per heavy atom. The first kappa shape index (κ1) is 22.7. The van der Waals surface area contributed by atoms with Gasteiger partial charge in [-0.15, -0.1) is 0 Å². The van der Waals surface area contributed by atoms with Crippen LogP contribution in [0, 0.1) is 11.3 Å². The Balaban J connectivity index is 1.56. The van der Waals surface area contributed by atoms with E-state index < -0.39 is 5.91 Å². The van der Waals surface area contributed by atoms with Crippen LogP contribution in [0.5, 0.6) is 17.2 Å². The molecule has 1 saturated heterocycles. The number of anilines is 1. The maximum Gasteiger partial charge on any atom is 0.251 e. The first-order chi connectivity index (χ1) is 15.5. The molecule has 1 aliphatic rings. The molecule has 2 amide bonds. The van der Waals surface area contributed by atoms with Gasteiger partial charge in [-0.05, 0) is 24.3 Å². The quantitative estimate of drug-likeness (QED) is 0.681. The molecule has 2 heterocycles. The monoisotopic (exact) mass is 439 g/mol. The highest BCUT2D eigenvalue weighted by Crippen LogP contribution is 2.38. The summed E-state index contributed by atoms with van der Waals surface area (Å²) in [5.41, 5.74) is 0.837. The average molecular weight is 439 g/mol. The lowest BCUT2D eigenvalue weighted by molar-refractivity contribution is -0.130. The number of ether oxygens (including phenoxy) is 3. The van der Waals surface area contributed by atoms with Crippen LogP contribution in [0.2, 0.25) is 0 Å². The molecule has 32 heavy (non-hydrogen) atoms. The third-order valence-corrected chi connectivity index (χ3v) is 5.16. The Bertz CT molecular complexity index is 1000. The zero-order chi connectivity index (χ0) is 23.1. The molecule has 0 saturated carbocycles. The standard InChI is InChI=1S/C22H25N5O5/c1-30-17-11-16(12-18(31-2)21(17)32-3)22(29)25-14-20(28)27-8-6-26(7-9-27)19-10-15(13-23)4-5-24-19/h4-5,10-12H,6-9,14H2,1-3H3,(H,25,29). The normalized spacial score (nSPS) is 13.2. The van der Waals surface area contributed by atoms with Crippen molar-refractivity contribution < 1.29 is 23.8 Å². The molecule has 1 aliphatic heterocycles. The number of nitrogens with zero attached hydrogens (tertiary/aromatic N) is 4. The number of piperazine rings is 1. The van der Waals surface area contributed by atoms with Crippen molar-refractivity contribution >= 4 is 17.6 Å². The number of pyridine rings is 1. The lowest BCUT2D eigenvalue weighted by Crippen LogP contribution is -2.51. The molecule has 0 unspecified atom stereocenters. The van der Waals surface area contributed by atoms with Crippen molar-refractivity contribution in [2.45, 2.75) is 0 Å². The van der Waals surface area contributed by atoms with Crippen molar-refractivity contribution in [3.05, 3.63) is 41.6 Å². The summed E-state index contributed by atoms with van der Waals surface area (Å²) in [6, 6.07) is 8.54. The van der Waals surface area contributed by atoms with Gasteiger partial charge in [0.1, 0.15) is 5.82 Å². The molecule has 0 spiro atoms. The first-order valence-electron chi connectivity index (χ1n) is 9.97. The van der Waals surface area contributed by atoms with E-state index in [0.717, 1.165) is 0 Å². The summed E-state index contributed by atoms with van der Waals surface area (Å²) in [5, 5.41) is 11.7. The van der Waals surface area contributed by atoms with Gasteiger partial charge in [0.2, 0.25) is 11.7 Å². The highest BCUT2D eigenvalue weighted by atomic mass is 16.5. The van der Waals surface area contributed by atoms with Crippen LogP contribution in [0.3, 0.4) is 0 Å². The highest BCUT2D eigenvalue weighted by molar-refractivity contribution is 5.97. The van der Waals surface area contributed by atoms with E-state index in [-0.39, 0.29) is 12.5 Å². The van der Waals surface area contributed by atoms with E-state index in [2.05, 4.69) is 16.4 Å². The van der Waals surface area contributed by atoms with Gasteiger partial charge in [-0.3, -0.25) is 9.59 Å². The highest BCUT2D eigenvalue weighted by Gasteiger charge is 2.23. The van der Waals surface area contributed by atoms with Crippen molar-refractivity contribution in [1.82, 2.24) is 15.2 Å². The molecule has 1 fully saturated rings. The maximum atomic E-state index is 12.6. The summed E-state index contributed by atoms with van der Waals surface area (Å²) in [5.74, 6) is 1.21. The van der Waals surface area contributed by atoms with E-state index in [4.69, 9.17) is 19.5 Å². The van der Waals surface area contributed by atoms with E-state index in [9.17, 15) is 9.59 Å². The zero-order valence-corrected chi connectivity index (χ0v) is 18.3. The third kappa shape index (κ3) is 5.00. The Morgan fingerprint density at radius 2 is 1.72 bits per heavy atom. The Kier molecular flexibility index (Phi) is 7.33. The number of hydrogen-bond donors (Lipinski definition) is 1. The Hall–Kier alpha value is -4.00.